The standard InChI is InChI=1S/C61H94N2O13P/c1-14-49-61(10,70)54(66)43(6)63(50(64)33-25-18-26-34-77(45-27-19-15-20-28-45,46-29-21-16-22-30-46)47-31-23-17-24-32-47)38-39(2)36-59(8,69)56(76-58-52(65)48(62(11)12)35-40(3)72-58)41(4)53(42(5)57(68)74-49)75-51-37-60(9,71-13)55(67)44(7)73-51/h15-17,19-24,27-32,39-44,48-49,51-56,58,65-67,69-70H,14,18,25-26,33-38H2,1-13H3/q+1/t39-,40-,41+,42-,43-,44+,48+,49-,51+,52-,53+,54-,55+,56-,58+,59-,60-,61-/m1/s1. The summed E-state index contributed by atoms with van der Waals surface area (Å²) in [6.07, 6.45) is -6.40. The molecular formula is C61H94N2O13P+. The van der Waals surface area contributed by atoms with E-state index in [1.807, 2.05) is 51.0 Å². The topological polar surface area (TPSA) is 197 Å². The van der Waals surface area contributed by atoms with E-state index in [2.05, 4.69) is 72.8 Å². The van der Waals surface area contributed by atoms with Crippen molar-refractivity contribution < 1.29 is 63.5 Å². The first-order chi connectivity index (χ1) is 36.3. The number of aliphatic hydroxyl groups excluding tert-OH is 3. The van der Waals surface area contributed by atoms with Crippen molar-refractivity contribution in [1.29, 1.82) is 0 Å². The molecule has 0 unspecified atom stereocenters. The van der Waals surface area contributed by atoms with Gasteiger partial charge in [0.05, 0.1) is 53.7 Å². The van der Waals surface area contributed by atoms with E-state index in [-0.39, 0.29) is 50.3 Å². The molecule has 3 aromatic rings. The number of likely N-dealkylation sites (N-methyl/N-ethyl adjacent to an activating group) is 1. The summed E-state index contributed by atoms with van der Waals surface area (Å²) in [5.74, 6) is -3.36. The number of carbonyl (C=O) groups excluding carboxylic acids is 2. The molecule has 1 amide bonds. The molecule has 3 saturated heterocycles. The molecule has 15 nitrogen and oxygen atoms in total. The van der Waals surface area contributed by atoms with Crippen molar-refractivity contribution >= 4 is 35.1 Å². The molecule has 3 heterocycles. The highest BCUT2D eigenvalue weighted by molar-refractivity contribution is 7.95. The van der Waals surface area contributed by atoms with Gasteiger partial charge in [0.2, 0.25) is 5.91 Å². The van der Waals surface area contributed by atoms with Crippen LogP contribution >= 0.6 is 7.26 Å². The van der Waals surface area contributed by atoms with E-state index < -0.39 is 109 Å². The lowest BCUT2D eigenvalue weighted by Crippen LogP contribution is -2.60. The first-order valence-corrected chi connectivity index (χ1v) is 30.2. The maximum atomic E-state index is 14.9. The first-order valence-electron chi connectivity index (χ1n) is 28.2. The third-order valence-electron chi connectivity index (χ3n) is 17.2. The number of benzene rings is 3. The second-order valence-corrected chi connectivity index (χ2v) is 27.2. The molecule has 5 N–H and O–H groups in total. The summed E-state index contributed by atoms with van der Waals surface area (Å²) in [6.45, 7) is 17.4. The lowest BCUT2D eigenvalue weighted by molar-refractivity contribution is -0.318. The molecular weight excluding hydrogens is 1000 g/mol. The Labute approximate surface area is 460 Å². The summed E-state index contributed by atoms with van der Waals surface area (Å²) in [7, 11) is 3.17. The number of esters is 1. The van der Waals surface area contributed by atoms with Gasteiger partial charge in [-0.05, 0) is 143 Å². The Kier molecular flexibility index (Phi) is 21.9. The summed E-state index contributed by atoms with van der Waals surface area (Å²) >= 11 is 0. The van der Waals surface area contributed by atoms with Crippen molar-refractivity contribution in [3.05, 3.63) is 91.0 Å². The molecule has 0 bridgehead atoms. The van der Waals surface area contributed by atoms with Crippen LogP contribution in [-0.2, 0) is 38.0 Å². The van der Waals surface area contributed by atoms with Gasteiger partial charge in [0, 0.05) is 38.5 Å². The fraction of sp³-hybridized carbons (Fsp3) is 0.672. The Hall–Kier alpha value is -3.41. The summed E-state index contributed by atoms with van der Waals surface area (Å²) in [5.41, 5.74) is -4.85. The summed E-state index contributed by atoms with van der Waals surface area (Å²) in [5, 5.41) is 64.6. The lowest BCUT2D eigenvalue weighted by Gasteiger charge is -2.48. The van der Waals surface area contributed by atoms with Crippen molar-refractivity contribution in [3.63, 3.8) is 0 Å². The minimum atomic E-state index is -2.09. The van der Waals surface area contributed by atoms with E-state index in [0.717, 1.165) is 19.0 Å². The maximum Gasteiger partial charge on any atom is 0.311 e. The second kappa shape index (κ2) is 26.9. The molecule has 3 aliphatic heterocycles. The van der Waals surface area contributed by atoms with Crippen LogP contribution in [0.15, 0.2) is 91.0 Å². The average Bonchev–Trinajstić information content (AvgIpc) is 3.42. The van der Waals surface area contributed by atoms with Crippen molar-refractivity contribution in [2.45, 2.75) is 211 Å². The first kappa shape index (κ1) is 62.8. The molecule has 0 aromatic heterocycles. The zero-order valence-corrected chi connectivity index (χ0v) is 49.1. The molecule has 16 heteroatoms. The Morgan fingerprint density at radius 1 is 0.779 bits per heavy atom. The van der Waals surface area contributed by atoms with Crippen LogP contribution in [0, 0.1) is 17.8 Å². The number of unbranched alkanes of at least 4 members (excludes halogenated alkanes) is 2. The zero-order valence-electron chi connectivity index (χ0n) is 48.2. The molecule has 430 valence electrons. The van der Waals surface area contributed by atoms with Crippen molar-refractivity contribution in [1.82, 2.24) is 9.80 Å². The predicted octanol–water partition coefficient (Wildman–Crippen LogP) is 6.35. The Morgan fingerprint density at radius 2 is 1.34 bits per heavy atom. The van der Waals surface area contributed by atoms with E-state index in [9.17, 15) is 35.1 Å². The summed E-state index contributed by atoms with van der Waals surface area (Å²) in [6, 6.07) is 30.9. The molecule has 3 aliphatic rings. The largest absolute Gasteiger partial charge is 0.459 e. The Balaban J connectivity index is 1.33. The van der Waals surface area contributed by atoms with Gasteiger partial charge in [0.25, 0.3) is 0 Å². The van der Waals surface area contributed by atoms with Crippen LogP contribution in [0.3, 0.4) is 0 Å². The van der Waals surface area contributed by atoms with E-state index in [4.69, 9.17) is 28.4 Å². The number of amides is 1. The highest BCUT2D eigenvalue weighted by Crippen LogP contribution is 2.56. The normalized spacial score (nSPS) is 37.2. The SMILES string of the molecule is CC[C@H]1OC(=O)[C@H](C)[C@@H](O[C@H]2C[C@@](C)(OC)[C@@H](O)[C@H](C)O2)[C@H](C)[C@@H](O[C@@H]2O[C@H](C)C[C@H](N(C)C)[C@H]2O)[C@](C)(O)C[C@@H](C)CN(C(=O)CCCCC[P+](c2ccccc2)(c2ccccc2)c2ccccc2)[C@H](C)[C@@H](O)[C@]1(C)O. The van der Waals surface area contributed by atoms with Gasteiger partial charge in [-0.2, -0.15) is 0 Å². The van der Waals surface area contributed by atoms with Crippen LogP contribution in [0.25, 0.3) is 0 Å². The van der Waals surface area contributed by atoms with E-state index in [1.54, 1.807) is 53.4 Å². The lowest BCUT2D eigenvalue weighted by atomic mass is 9.77. The fourth-order valence-corrected chi connectivity index (χ4v) is 17.1. The van der Waals surface area contributed by atoms with Gasteiger partial charge in [0.15, 0.2) is 12.6 Å². The number of carbonyl (C=O) groups is 2. The van der Waals surface area contributed by atoms with Crippen molar-refractivity contribution in [2.75, 3.05) is 33.9 Å². The van der Waals surface area contributed by atoms with Gasteiger partial charge in [0.1, 0.15) is 53.2 Å². The highest BCUT2D eigenvalue weighted by Gasteiger charge is 2.53. The predicted molar refractivity (Wildman–Crippen MR) is 302 cm³/mol. The molecule has 0 spiro atoms. The van der Waals surface area contributed by atoms with Crippen LogP contribution in [-0.4, -0.2) is 171 Å². The van der Waals surface area contributed by atoms with E-state index in [0.29, 0.717) is 12.8 Å². The number of methoxy groups -OCH3 is 1. The highest BCUT2D eigenvalue weighted by atomic mass is 31.2. The van der Waals surface area contributed by atoms with Gasteiger partial charge in [-0.25, -0.2) is 0 Å². The molecule has 0 aliphatic carbocycles. The molecule has 0 saturated carbocycles. The van der Waals surface area contributed by atoms with Gasteiger partial charge < -0.3 is 63.8 Å². The van der Waals surface area contributed by atoms with E-state index >= 15 is 0 Å². The van der Waals surface area contributed by atoms with Crippen LogP contribution in [0.4, 0.5) is 0 Å². The fourth-order valence-electron chi connectivity index (χ4n) is 12.7. The monoisotopic (exact) mass is 1090 g/mol. The number of nitrogens with zero attached hydrogens (tertiary/aromatic N) is 2. The van der Waals surface area contributed by atoms with Crippen LogP contribution in [0.5, 0.6) is 0 Å². The summed E-state index contributed by atoms with van der Waals surface area (Å²) < 4.78 is 38.3. The van der Waals surface area contributed by atoms with Crippen LogP contribution in [0.1, 0.15) is 121 Å². The molecule has 0 radical (unpaired) electrons. The van der Waals surface area contributed by atoms with Crippen LogP contribution < -0.4 is 15.9 Å². The minimum absolute atomic E-state index is 0.0543. The van der Waals surface area contributed by atoms with Gasteiger partial charge in [-0.15, -0.1) is 0 Å². The van der Waals surface area contributed by atoms with Crippen LogP contribution in [0.2, 0.25) is 0 Å². The van der Waals surface area contributed by atoms with Gasteiger partial charge in [-0.3, -0.25) is 9.59 Å². The van der Waals surface area contributed by atoms with Gasteiger partial charge >= 0.3 is 5.97 Å². The second-order valence-electron chi connectivity index (χ2n) is 23.6. The van der Waals surface area contributed by atoms with Crippen molar-refractivity contribution in [2.24, 2.45) is 17.8 Å². The van der Waals surface area contributed by atoms with Crippen molar-refractivity contribution in [3.8, 4) is 0 Å². The molecule has 6 rings (SSSR count). The molecule has 3 fully saturated rings. The Morgan fingerprint density at radius 3 is 1.86 bits per heavy atom. The number of cyclic esters (lactones) is 1. The summed E-state index contributed by atoms with van der Waals surface area (Å²) in [4.78, 5) is 33.1. The number of aliphatic hydroxyl groups is 5. The molecule has 18 atom stereocenters. The number of rotatable bonds is 16. The minimum Gasteiger partial charge on any atom is -0.459 e. The smallest absolute Gasteiger partial charge is 0.311 e. The molecule has 3 aromatic carbocycles. The maximum absolute atomic E-state index is 14.9. The third kappa shape index (κ3) is 14.4. The average molecular weight is 1090 g/mol. The Bertz CT molecular complexity index is 2200. The van der Waals surface area contributed by atoms with E-state index in [1.165, 1.54) is 29.9 Å². The quantitative estimate of drug-likeness (QED) is 0.0605. The third-order valence-corrected chi connectivity index (χ3v) is 21.7. The number of ether oxygens (including phenoxy) is 6. The zero-order chi connectivity index (χ0) is 56.6. The number of hydrogen-bond acceptors (Lipinski definition) is 14. The number of hydrogen-bond donors (Lipinski definition) is 5. The van der Waals surface area contributed by atoms with Gasteiger partial charge in [-0.1, -0.05) is 75.4 Å². The molecule has 77 heavy (non-hydrogen) atoms.